The molecule has 0 aliphatic heterocycles. The average molecular weight is 311 g/mol. The summed E-state index contributed by atoms with van der Waals surface area (Å²) in [6.07, 6.45) is 0.499. The van der Waals surface area contributed by atoms with Gasteiger partial charge in [-0.25, -0.2) is 0 Å². The van der Waals surface area contributed by atoms with Crippen LogP contribution < -0.4 is 10.1 Å². The molecular formula is C20H25NO2. The van der Waals surface area contributed by atoms with Gasteiger partial charge < -0.3 is 10.1 Å². The second-order valence-electron chi connectivity index (χ2n) is 5.81. The summed E-state index contributed by atoms with van der Waals surface area (Å²) < 4.78 is 5.96. The van der Waals surface area contributed by atoms with Gasteiger partial charge >= 0.3 is 0 Å². The number of ketones is 1. The lowest BCUT2D eigenvalue weighted by Crippen LogP contribution is -2.27. The maximum atomic E-state index is 12.0. The minimum absolute atomic E-state index is 0.134. The van der Waals surface area contributed by atoms with Crippen molar-refractivity contribution in [1.29, 1.82) is 0 Å². The molecule has 0 atom stereocenters. The van der Waals surface area contributed by atoms with Crippen LogP contribution in [0, 0.1) is 0 Å². The van der Waals surface area contributed by atoms with E-state index < -0.39 is 0 Å². The van der Waals surface area contributed by atoms with Crippen molar-refractivity contribution >= 4 is 5.78 Å². The van der Waals surface area contributed by atoms with Crippen LogP contribution in [0.4, 0.5) is 0 Å². The molecular weight excluding hydrogens is 286 g/mol. The first-order chi connectivity index (χ1) is 11.1. The van der Waals surface area contributed by atoms with Crippen LogP contribution in [-0.2, 0) is 0 Å². The highest BCUT2D eigenvalue weighted by atomic mass is 16.5. The SMILES string of the molecule is CCC(=O)c1ccc(-c2ccccc2)c(OCCNC(C)C)c1. The normalized spacial score (nSPS) is 10.8. The molecule has 0 bridgehead atoms. The van der Waals surface area contributed by atoms with Crippen LogP contribution in [0.25, 0.3) is 11.1 Å². The maximum Gasteiger partial charge on any atom is 0.162 e. The Morgan fingerprint density at radius 2 is 1.87 bits per heavy atom. The first-order valence-corrected chi connectivity index (χ1v) is 8.20. The van der Waals surface area contributed by atoms with Crippen molar-refractivity contribution in [3.8, 4) is 16.9 Å². The van der Waals surface area contributed by atoms with Crippen LogP contribution in [0.15, 0.2) is 48.5 Å². The Morgan fingerprint density at radius 3 is 2.52 bits per heavy atom. The second kappa shape index (κ2) is 8.49. The van der Waals surface area contributed by atoms with Gasteiger partial charge in [-0.15, -0.1) is 0 Å². The molecule has 0 saturated heterocycles. The van der Waals surface area contributed by atoms with Crippen LogP contribution in [0.3, 0.4) is 0 Å². The van der Waals surface area contributed by atoms with E-state index in [2.05, 4.69) is 31.3 Å². The van der Waals surface area contributed by atoms with Crippen molar-refractivity contribution in [2.24, 2.45) is 0 Å². The Balaban J connectivity index is 2.24. The van der Waals surface area contributed by atoms with E-state index in [1.54, 1.807) is 0 Å². The molecule has 0 aliphatic rings. The molecule has 0 spiro atoms. The van der Waals surface area contributed by atoms with Crippen molar-refractivity contribution in [2.75, 3.05) is 13.2 Å². The first kappa shape index (κ1) is 17.2. The number of rotatable bonds is 8. The van der Waals surface area contributed by atoms with Crippen LogP contribution >= 0.6 is 0 Å². The summed E-state index contributed by atoms with van der Waals surface area (Å²) >= 11 is 0. The summed E-state index contributed by atoms with van der Waals surface area (Å²) in [5.74, 6) is 0.899. The largest absolute Gasteiger partial charge is 0.492 e. The molecule has 0 unspecified atom stereocenters. The van der Waals surface area contributed by atoms with Gasteiger partial charge in [-0.05, 0) is 17.7 Å². The molecule has 2 rings (SSSR count). The van der Waals surface area contributed by atoms with E-state index in [1.165, 1.54) is 0 Å². The summed E-state index contributed by atoms with van der Waals surface area (Å²) in [6.45, 7) is 7.44. The molecule has 3 heteroatoms. The molecule has 3 nitrogen and oxygen atoms in total. The third-order valence-electron chi connectivity index (χ3n) is 3.62. The number of ether oxygens (including phenoxy) is 1. The summed E-state index contributed by atoms with van der Waals surface area (Å²) in [5.41, 5.74) is 2.82. The number of nitrogens with one attached hydrogen (secondary N) is 1. The van der Waals surface area contributed by atoms with Gasteiger partial charge in [0, 0.05) is 30.1 Å². The third-order valence-corrected chi connectivity index (χ3v) is 3.62. The lowest BCUT2D eigenvalue weighted by atomic mass is 10.0. The third kappa shape index (κ3) is 4.93. The van der Waals surface area contributed by atoms with Gasteiger partial charge in [0.1, 0.15) is 12.4 Å². The highest BCUT2D eigenvalue weighted by Gasteiger charge is 2.11. The molecule has 1 N–H and O–H groups in total. The van der Waals surface area contributed by atoms with Crippen molar-refractivity contribution in [2.45, 2.75) is 33.2 Å². The van der Waals surface area contributed by atoms with E-state index in [9.17, 15) is 4.79 Å². The first-order valence-electron chi connectivity index (χ1n) is 8.20. The zero-order chi connectivity index (χ0) is 16.7. The van der Waals surface area contributed by atoms with E-state index in [0.717, 1.165) is 23.4 Å². The van der Waals surface area contributed by atoms with Gasteiger partial charge in [0.05, 0.1) is 0 Å². The van der Waals surface area contributed by atoms with Gasteiger partial charge in [-0.2, -0.15) is 0 Å². The molecule has 0 saturated carbocycles. The zero-order valence-electron chi connectivity index (χ0n) is 14.1. The molecule has 0 fully saturated rings. The smallest absolute Gasteiger partial charge is 0.162 e. The van der Waals surface area contributed by atoms with Crippen LogP contribution in [0.5, 0.6) is 5.75 Å². The standard InChI is InChI=1S/C20H25NO2/c1-4-19(22)17-10-11-18(16-8-6-5-7-9-16)20(14-17)23-13-12-21-15(2)3/h5-11,14-15,21H,4,12-13H2,1-3H3. The fourth-order valence-electron chi connectivity index (χ4n) is 2.38. The van der Waals surface area contributed by atoms with Crippen molar-refractivity contribution in [1.82, 2.24) is 5.32 Å². The van der Waals surface area contributed by atoms with Crippen molar-refractivity contribution in [3.63, 3.8) is 0 Å². The maximum absolute atomic E-state index is 12.0. The molecule has 0 radical (unpaired) electrons. The number of carbonyl (C=O) groups is 1. The molecule has 0 aromatic heterocycles. The van der Waals surface area contributed by atoms with E-state index in [0.29, 0.717) is 24.6 Å². The molecule has 0 aliphatic carbocycles. The number of hydrogen-bond donors (Lipinski definition) is 1. The molecule has 2 aromatic carbocycles. The zero-order valence-corrected chi connectivity index (χ0v) is 14.1. The predicted octanol–water partition coefficient (Wildman–Crippen LogP) is 4.32. The molecule has 122 valence electrons. The van der Waals surface area contributed by atoms with Gasteiger partial charge in [-0.1, -0.05) is 57.2 Å². The number of carbonyl (C=O) groups excluding carboxylic acids is 1. The molecule has 0 amide bonds. The van der Waals surface area contributed by atoms with Crippen LogP contribution in [0.1, 0.15) is 37.6 Å². The highest BCUT2D eigenvalue weighted by Crippen LogP contribution is 2.31. The Kier molecular flexibility index (Phi) is 6.36. The minimum Gasteiger partial charge on any atom is -0.492 e. The van der Waals surface area contributed by atoms with E-state index >= 15 is 0 Å². The highest BCUT2D eigenvalue weighted by molar-refractivity contribution is 5.97. The van der Waals surface area contributed by atoms with Gasteiger partial charge in [0.2, 0.25) is 0 Å². The van der Waals surface area contributed by atoms with E-state index in [1.807, 2.05) is 43.3 Å². The van der Waals surface area contributed by atoms with E-state index in [-0.39, 0.29) is 5.78 Å². The quantitative estimate of drug-likeness (QED) is 0.583. The summed E-state index contributed by atoms with van der Waals surface area (Å²) in [5, 5.41) is 3.33. The fourth-order valence-corrected chi connectivity index (χ4v) is 2.38. The fraction of sp³-hybridized carbons (Fsp3) is 0.350. The molecule has 23 heavy (non-hydrogen) atoms. The second-order valence-corrected chi connectivity index (χ2v) is 5.81. The summed E-state index contributed by atoms with van der Waals surface area (Å²) in [7, 11) is 0. The Hall–Kier alpha value is -2.13. The van der Waals surface area contributed by atoms with Crippen LogP contribution in [0.2, 0.25) is 0 Å². The summed E-state index contributed by atoms with van der Waals surface area (Å²) in [6, 6.07) is 16.3. The lowest BCUT2D eigenvalue weighted by molar-refractivity contribution is 0.0987. The number of Topliss-reactive ketones (excluding diaryl/α,β-unsaturated/α-hetero) is 1. The van der Waals surface area contributed by atoms with Gasteiger partial charge in [0.25, 0.3) is 0 Å². The minimum atomic E-state index is 0.134. The summed E-state index contributed by atoms with van der Waals surface area (Å²) in [4.78, 5) is 12.0. The number of benzene rings is 2. The van der Waals surface area contributed by atoms with Gasteiger partial charge in [-0.3, -0.25) is 4.79 Å². The molecule has 2 aromatic rings. The van der Waals surface area contributed by atoms with Crippen molar-refractivity contribution in [3.05, 3.63) is 54.1 Å². The Morgan fingerprint density at radius 1 is 1.13 bits per heavy atom. The molecule has 0 heterocycles. The monoisotopic (exact) mass is 311 g/mol. The van der Waals surface area contributed by atoms with Crippen molar-refractivity contribution < 1.29 is 9.53 Å². The Labute approximate surface area is 138 Å². The number of hydrogen-bond acceptors (Lipinski definition) is 3. The Bertz CT molecular complexity index is 635. The van der Waals surface area contributed by atoms with Crippen LogP contribution in [-0.4, -0.2) is 25.0 Å². The van der Waals surface area contributed by atoms with E-state index in [4.69, 9.17) is 4.74 Å². The average Bonchev–Trinajstić information content (AvgIpc) is 2.58. The van der Waals surface area contributed by atoms with Gasteiger partial charge in [0.15, 0.2) is 5.78 Å². The lowest BCUT2D eigenvalue weighted by Gasteiger charge is -2.14. The topological polar surface area (TPSA) is 38.3 Å². The predicted molar refractivity (Wildman–Crippen MR) is 95.1 cm³/mol.